The quantitative estimate of drug-likeness (QED) is 0.561. The number of hydrogen-bond acceptors (Lipinski definition) is 5. The van der Waals surface area contributed by atoms with E-state index >= 15 is 0 Å². The van der Waals surface area contributed by atoms with Crippen molar-refractivity contribution in [3.05, 3.63) is 65.7 Å². The fourth-order valence-corrected chi connectivity index (χ4v) is 2.68. The van der Waals surface area contributed by atoms with E-state index in [4.69, 9.17) is 14.2 Å². The summed E-state index contributed by atoms with van der Waals surface area (Å²) in [4.78, 5) is 24.9. The highest BCUT2D eigenvalue weighted by Crippen LogP contribution is 2.28. The second-order valence-corrected chi connectivity index (χ2v) is 6.46. The standard InChI is InChI=1S/C22H23NO5/c1-26-18-12-8-15(14-19(18)27-2)9-13-20(24)28-21(16-6-4-3-5-7-16)22(25)23-17-10-11-17/h3-9,12-14,17,21H,10-11H2,1-2H3,(H,23,25)/b13-9+/t21-/m0/s1. The highest BCUT2D eigenvalue weighted by atomic mass is 16.5. The van der Waals surface area contributed by atoms with Crippen molar-refractivity contribution < 1.29 is 23.8 Å². The summed E-state index contributed by atoms with van der Waals surface area (Å²) in [5.41, 5.74) is 1.38. The fourth-order valence-electron chi connectivity index (χ4n) is 2.68. The molecular weight excluding hydrogens is 358 g/mol. The molecule has 1 aliphatic carbocycles. The predicted octanol–water partition coefficient (Wildman–Crippen LogP) is 3.28. The molecule has 2 aromatic carbocycles. The Morgan fingerprint density at radius 3 is 2.39 bits per heavy atom. The van der Waals surface area contributed by atoms with Crippen molar-refractivity contribution in [3.63, 3.8) is 0 Å². The molecule has 0 unspecified atom stereocenters. The summed E-state index contributed by atoms with van der Waals surface area (Å²) in [5, 5.41) is 2.89. The molecule has 6 heteroatoms. The van der Waals surface area contributed by atoms with Crippen LogP contribution in [0.1, 0.15) is 30.1 Å². The van der Waals surface area contributed by atoms with Crippen molar-refractivity contribution >= 4 is 18.0 Å². The summed E-state index contributed by atoms with van der Waals surface area (Å²) in [6, 6.07) is 14.5. The van der Waals surface area contributed by atoms with Crippen molar-refractivity contribution in [2.24, 2.45) is 0 Å². The van der Waals surface area contributed by atoms with Gasteiger partial charge in [-0.25, -0.2) is 4.79 Å². The minimum Gasteiger partial charge on any atom is -0.493 e. The number of methoxy groups -OCH3 is 2. The average Bonchev–Trinajstić information content (AvgIpc) is 3.54. The van der Waals surface area contributed by atoms with E-state index in [0.29, 0.717) is 17.1 Å². The van der Waals surface area contributed by atoms with E-state index in [2.05, 4.69) is 5.32 Å². The summed E-state index contributed by atoms with van der Waals surface area (Å²) >= 11 is 0. The summed E-state index contributed by atoms with van der Waals surface area (Å²) < 4.78 is 15.9. The Morgan fingerprint density at radius 1 is 1.04 bits per heavy atom. The summed E-state index contributed by atoms with van der Waals surface area (Å²) in [6.07, 6.45) is 3.83. The summed E-state index contributed by atoms with van der Waals surface area (Å²) in [5.74, 6) is 0.253. The highest BCUT2D eigenvalue weighted by Gasteiger charge is 2.30. The van der Waals surface area contributed by atoms with Crippen molar-refractivity contribution in [1.29, 1.82) is 0 Å². The van der Waals surface area contributed by atoms with E-state index in [1.165, 1.54) is 6.08 Å². The molecule has 1 saturated carbocycles. The van der Waals surface area contributed by atoms with Crippen LogP contribution in [0.2, 0.25) is 0 Å². The molecule has 0 heterocycles. The van der Waals surface area contributed by atoms with Crippen LogP contribution in [-0.4, -0.2) is 32.1 Å². The van der Waals surface area contributed by atoms with Gasteiger partial charge < -0.3 is 19.5 Å². The molecule has 0 bridgehead atoms. The topological polar surface area (TPSA) is 73.9 Å². The molecule has 0 spiro atoms. The van der Waals surface area contributed by atoms with Crippen LogP contribution in [0, 0.1) is 0 Å². The monoisotopic (exact) mass is 381 g/mol. The lowest BCUT2D eigenvalue weighted by molar-refractivity contribution is -0.151. The van der Waals surface area contributed by atoms with Gasteiger partial charge in [-0.15, -0.1) is 0 Å². The van der Waals surface area contributed by atoms with E-state index in [0.717, 1.165) is 18.4 Å². The Labute approximate surface area is 164 Å². The number of nitrogens with one attached hydrogen (secondary N) is 1. The molecule has 0 aromatic heterocycles. The average molecular weight is 381 g/mol. The molecule has 6 nitrogen and oxygen atoms in total. The number of rotatable bonds is 8. The van der Waals surface area contributed by atoms with Crippen molar-refractivity contribution in [1.82, 2.24) is 5.32 Å². The van der Waals surface area contributed by atoms with Gasteiger partial charge in [-0.3, -0.25) is 4.79 Å². The van der Waals surface area contributed by atoms with Crippen LogP contribution >= 0.6 is 0 Å². The molecule has 1 atom stereocenters. The molecule has 3 rings (SSSR count). The molecule has 1 amide bonds. The molecule has 0 aliphatic heterocycles. The minimum absolute atomic E-state index is 0.180. The number of benzene rings is 2. The van der Waals surface area contributed by atoms with Gasteiger partial charge in [-0.1, -0.05) is 36.4 Å². The van der Waals surface area contributed by atoms with E-state index in [1.54, 1.807) is 62.8 Å². The van der Waals surface area contributed by atoms with Gasteiger partial charge in [-0.05, 0) is 36.6 Å². The number of ether oxygens (including phenoxy) is 3. The van der Waals surface area contributed by atoms with Crippen LogP contribution < -0.4 is 14.8 Å². The molecule has 0 radical (unpaired) electrons. The van der Waals surface area contributed by atoms with Gasteiger partial charge in [0.1, 0.15) is 0 Å². The van der Waals surface area contributed by atoms with Crippen LogP contribution in [-0.2, 0) is 14.3 Å². The van der Waals surface area contributed by atoms with E-state index in [1.807, 2.05) is 6.07 Å². The molecule has 1 aliphatic rings. The third-order valence-electron chi connectivity index (χ3n) is 4.32. The number of carbonyl (C=O) groups is 2. The maximum absolute atomic E-state index is 12.5. The van der Waals surface area contributed by atoms with Crippen LogP contribution in [0.25, 0.3) is 6.08 Å². The van der Waals surface area contributed by atoms with Crippen molar-refractivity contribution in [3.8, 4) is 11.5 Å². The third-order valence-corrected chi connectivity index (χ3v) is 4.32. The number of amides is 1. The largest absolute Gasteiger partial charge is 0.493 e. The van der Waals surface area contributed by atoms with Crippen molar-refractivity contribution in [2.75, 3.05) is 14.2 Å². The fraction of sp³-hybridized carbons (Fsp3) is 0.273. The van der Waals surface area contributed by atoms with Gasteiger partial charge in [0.15, 0.2) is 11.5 Å². The normalized spacial score (nSPS) is 14.4. The van der Waals surface area contributed by atoms with Crippen LogP contribution in [0.3, 0.4) is 0 Å². The Kier molecular flexibility index (Phi) is 6.32. The first-order valence-corrected chi connectivity index (χ1v) is 9.06. The lowest BCUT2D eigenvalue weighted by Gasteiger charge is -2.17. The van der Waals surface area contributed by atoms with Gasteiger partial charge in [0.05, 0.1) is 14.2 Å². The first-order chi connectivity index (χ1) is 13.6. The highest BCUT2D eigenvalue weighted by molar-refractivity contribution is 5.91. The molecule has 146 valence electrons. The predicted molar refractivity (Wildman–Crippen MR) is 105 cm³/mol. The Morgan fingerprint density at radius 2 is 1.75 bits per heavy atom. The van der Waals surface area contributed by atoms with E-state index in [-0.39, 0.29) is 11.9 Å². The Balaban J connectivity index is 1.71. The minimum atomic E-state index is -0.982. The second kappa shape index (κ2) is 9.08. The molecule has 28 heavy (non-hydrogen) atoms. The Bertz CT molecular complexity index is 858. The van der Waals surface area contributed by atoms with Gasteiger partial charge >= 0.3 is 5.97 Å². The van der Waals surface area contributed by atoms with Gasteiger partial charge in [0.25, 0.3) is 5.91 Å². The van der Waals surface area contributed by atoms with Gasteiger partial charge in [-0.2, -0.15) is 0 Å². The number of hydrogen-bond donors (Lipinski definition) is 1. The number of esters is 1. The van der Waals surface area contributed by atoms with Gasteiger partial charge in [0, 0.05) is 17.7 Å². The Hall–Kier alpha value is -3.28. The van der Waals surface area contributed by atoms with Crippen LogP contribution in [0.15, 0.2) is 54.6 Å². The molecule has 1 N–H and O–H groups in total. The van der Waals surface area contributed by atoms with Gasteiger partial charge in [0.2, 0.25) is 6.10 Å². The van der Waals surface area contributed by atoms with E-state index in [9.17, 15) is 9.59 Å². The number of carbonyl (C=O) groups excluding carboxylic acids is 2. The maximum atomic E-state index is 12.5. The SMILES string of the molecule is COc1ccc(/C=C/C(=O)O[C@H](C(=O)NC2CC2)c2ccccc2)cc1OC. The molecule has 2 aromatic rings. The smallest absolute Gasteiger partial charge is 0.331 e. The first kappa shape index (κ1) is 19.5. The zero-order valence-electron chi connectivity index (χ0n) is 15.9. The molecular formula is C22H23NO5. The zero-order chi connectivity index (χ0) is 19.9. The summed E-state index contributed by atoms with van der Waals surface area (Å²) in [7, 11) is 3.10. The van der Waals surface area contributed by atoms with Crippen LogP contribution in [0.4, 0.5) is 0 Å². The van der Waals surface area contributed by atoms with Crippen LogP contribution in [0.5, 0.6) is 11.5 Å². The molecule has 0 saturated heterocycles. The maximum Gasteiger partial charge on any atom is 0.331 e. The first-order valence-electron chi connectivity index (χ1n) is 9.06. The zero-order valence-corrected chi connectivity index (χ0v) is 15.9. The second-order valence-electron chi connectivity index (χ2n) is 6.46. The lowest BCUT2D eigenvalue weighted by atomic mass is 10.1. The van der Waals surface area contributed by atoms with Crippen molar-refractivity contribution in [2.45, 2.75) is 25.0 Å². The lowest BCUT2D eigenvalue weighted by Crippen LogP contribution is -2.33. The van der Waals surface area contributed by atoms with E-state index < -0.39 is 12.1 Å². The summed E-state index contributed by atoms with van der Waals surface area (Å²) in [6.45, 7) is 0. The molecule has 1 fully saturated rings. The third kappa shape index (κ3) is 5.13.